The van der Waals surface area contributed by atoms with Gasteiger partial charge in [-0.25, -0.2) is 4.79 Å². The molecular weight excluding hydrogens is 275 g/mol. The first-order chi connectivity index (χ1) is 9.25. The number of nitrogens with one attached hydrogen (secondary N) is 1. The SMILES string of the molecule is C#CC[C@@H](NC(=O)c1ccc(C(F)(F)F)cc1)C(=O)O. The van der Waals surface area contributed by atoms with E-state index < -0.39 is 29.7 Å². The summed E-state index contributed by atoms with van der Waals surface area (Å²) in [7, 11) is 0. The van der Waals surface area contributed by atoms with Crippen LogP contribution in [0.25, 0.3) is 0 Å². The fraction of sp³-hybridized carbons (Fsp3) is 0.231. The summed E-state index contributed by atoms with van der Waals surface area (Å²) in [6.45, 7) is 0. The van der Waals surface area contributed by atoms with Gasteiger partial charge in [0.15, 0.2) is 0 Å². The number of hydrogen-bond acceptors (Lipinski definition) is 2. The minimum Gasteiger partial charge on any atom is -0.480 e. The molecule has 0 aliphatic carbocycles. The van der Waals surface area contributed by atoms with E-state index in [4.69, 9.17) is 11.5 Å². The number of aliphatic carboxylic acids is 1. The highest BCUT2D eigenvalue weighted by molar-refractivity contribution is 5.96. The highest BCUT2D eigenvalue weighted by Crippen LogP contribution is 2.29. The molecule has 0 saturated heterocycles. The average Bonchev–Trinajstić information content (AvgIpc) is 2.37. The van der Waals surface area contributed by atoms with Crippen molar-refractivity contribution in [3.05, 3.63) is 35.4 Å². The Morgan fingerprint density at radius 3 is 2.25 bits per heavy atom. The maximum Gasteiger partial charge on any atom is 0.416 e. The molecule has 1 amide bonds. The number of terminal acetylenes is 1. The molecule has 4 nitrogen and oxygen atoms in total. The second-order valence-corrected chi connectivity index (χ2v) is 3.85. The van der Waals surface area contributed by atoms with E-state index in [2.05, 4.69) is 11.2 Å². The van der Waals surface area contributed by atoms with Crippen molar-refractivity contribution < 1.29 is 27.9 Å². The first-order valence-corrected chi connectivity index (χ1v) is 5.40. The van der Waals surface area contributed by atoms with Crippen LogP contribution in [0.3, 0.4) is 0 Å². The van der Waals surface area contributed by atoms with Gasteiger partial charge >= 0.3 is 12.1 Å². The molecule has 1 aromatic carbocycles. The Morgan fingerprint density at radius 2 is 1.85 bits per heavy atom. The van der Waals surface area contributed by atoms with Crippen molar-refractivity contribution >= 4 is 11.9 Å². The average molecular weight is 285 g/mol. The summed E-state index contributed by atoms with van der Waals surface area (Å²) in [6, 6.07) is 2.13. The third-order valence-electron chi connectivity index (χ3n) is 2.40. The minimum atomic E-state index is -4.50. The molecule has 1 atom stereocenters. The van der Waals surface area contributed by atoms with Gasteiger partial charge in [0.05, 0.1) is 5.56 Å². The fourth-order valence-electron chi connectivity index (χ4n) is 1.37. The zero-order valence-corrected chi connectivity index (χ0v) is 10.1. The molecule has 0 aliphatic rings. The van der Waals surface area contributed by atoms with Crippen LogP contribution in [0.1, 0.15) is 22.3 Å². The summed E-state index contributed by atoms with van der Waals surface area (Å²) in [5.74, 6) is -0.0301. The van der Waals surface area contributed by atoms with Crippen molar-refractivity contribution in [1.29, 1.82) is 0 Å². The number of carbonyl (C=O) groups is 2. The lowest BCUT2D eigenvalue weighted by molar-refractivity contribution is -0.139. The standard InChI is InChI=1S/C13H10F3NO3/c1-2-3-10(12(19)20)17-11(18)8-4-6-9(7-5-8)13(14,15)16/h1,4-7,10H,3H2,(H,17,18)(H,19,20)/t10-/m1/s1. The van der Waals surface area contributed by atoms with Crippen molar-refractivity contribution in [2.75, 3.05) is 0 Å². The first kappa shape index (κ1) is 15.6. The molecule has 2 N–H and O–H groups in total. The predicted molar refractivity (Wildman–Crippen MR) is 63.8 cm³/mol. The van der Waals surface area contributed by atoms with Gasteiger partial charge in [-0.3, -0.25) is 4.79 Å². The largest absolute Gasteiger partial charge is 0.480 e. The van der Waals surface area contributed by atoms with E-state index in [9.17, 15) is 22.8 Å². The maximum atomic E-state index is 12.3. The Hall–Kier alpha value is -2.49. The molecule has 1 aromatic rings. The van der Waals surface area contributed by atoms with E-state index in [1.165, 1.54) is 0 Å². The molecule has 0 unspecified atom stereocenters. The molecule has 0 heterocycles. The van der Waals surface area contributed by atoms with Crippen molar-refractivity contribution in [1.82, 2.24) is 5.32 Å². The number of hydrogen-bond donors (Lipinski definition) is 2. The fourth-order valence-corrected chi connectivity index (χ4v) is 1.37. The van der Waals surface area contributed by atoms with Crippen molar-refractivity contribution in [3.63, 3.8) is 0 Å². The summed E-state index contributed by atoms with van der Waals surface area (Å²) < 4.78 is 37.0. The normalized spacial score (nSPS) is 12.3. The molecule has 0 saturated carbocycles. The van der Waals surface area contributed by atoms with Crippen LogP contribution in [0, 0.1) is 12.3 Å². The smallest absolute Gasteiger partial charge is 0.416 e. The number of alkyl halides is 3. The van der Waals surface area contributed by atoms with Crippen LogP contribution in [-0.4, -0.2) is 23.0 Å². The highest BCUT2D eigenvalue weighted by atomic mass is 19.4. The lowest BCUT2D eigenvalue weighted by Gasteiger charge is -2.12. The number of carboxylic acids is 1. The first-order valence-electron chi connectivity index (χ1n) is 5.40. The lowest BCUT2D eigenvalue weighted by Crippen LogP contribution is -2.40. The minimum absolute atomic E-state index is 0.0822. The molecule has 106 valence electrons. The second-order valence-electron chi connectivity index (χ2n) is 3.85. The van der Waals surface area contributed by atoms with E-state index in [0.29, 0.717) is 0 Å². The Morgan fingerprint density at radius 1 is 1.30 bits per heavy atom. The molecule has 20 heavy (non-hydrogen) atoms. The van der Waals surface area contributed by atoms with E-state index in [1.54, 1.807) is 0 Å². The van der Waals surface area contributed by atoms with Crippen LogP contribution in [0.15, 0.2) is 24.3 Å². The van der Waals surface area contributed by atoms with Crippen LogP contribution in [0.4, 0.5) is 13.2 Å². The Kier molecular flexibility index (Phi) is 4.75. The summed E-state index contributed by atoms with van der Waals surface area (Å²) in [6.07, 6.45) is 0.241. The maximum absolute atomic E-state index is 12.3. The molecule has 0 fully saturated rings. The van der Waals surface area contributed by atoms with Crippen LogP contribution >= 0.6 is 0 Å². The summed E-state index contributed by atoms with van der Waals surface area (Å²) in [5, 5.41) is 10.9. The number of benzene rings is 1. The highest BCUT2D eigenvalue weighted by Gasteiger charge is 2.30. The molecule has 1 rings (SSSR count). The van der Waals surface area contributed by atoms with Gasteiger partial charge in [-0.1, -0.05) is 0 Å². The zero-order valence-electron chi connectivity index (χ0n) is 10.1. The Balaban J connectivity index is 2.83. The number of carbonyl (C=O) groups excluding carboxylic acids is 1. The van der Waals surface area contributed by atoms with Crippen molar-refractivity contribution in [2.45, 2.75) is 18.6 Å². The van der Waals surface area contributed by atoms with Gasteiger partial charge in [-0.15, -0.1) is 12.3 Å². The molecule has 0 radical (unpaired) electrons. The van der Waals surface area contributed by atoms with E-state index in [0.717, 1.165) is 24.3 Å². The summed E-state index contributed by atoms with van der Waals surface area (Å²) >= 11 is 0. The van der Waals surface area contributed by atoms with Crippen molar-refractivity contribution in [3.8, 4) is 12.3 Å². The third-order valence-corrected chi connectivity index (χ3v) is 2.40. The monoisotopic (exact) mass is 285 g/mol. The quantitative estimate of drug-likeness (QED) is 0.830. The van der Waals surface area contributed by atoms with Gasteiger partial charge in [0.25, 0.3) is 5.91 Å². The van der Waals surface area contributed by atoms with Gasteiger partial charge in [-0.2, -0.15) is 13.2 Å². The number of amides is 1. The lowest BCUT2D eigenvalue weighted by atomic mass is 10.1. The molecule has 0 spiro atoms. The second kappa shape index (κ2) is 6.10. The Bertz CT molecular complexity index is 543. The van der Waals surface area contributed by atoms with E-state index in [-0.39, 0.29) is 12.0 Å². The van der Waals surface area contributed by atoms with Crippen LogP contribution in [0.5, 0.6) is 0 Å². The third kappa shape index (κ3) is 4.02. The zero-order chi connectivity index (χ0) is 15.3. The van der Waals surface area contributed by atoms with Crippen LogP contribution in [0.2, 0.25) is 0 Å². The van der Waals surface area contributed by atoms with E-state index in [1.807, 2.05) is 0 Å². The topological polar surface area (TPSA) is 66.4 Å². The van der Waals surface area contributed by atoms with Gasteiger partial charge < -0.3 is 10.4 Å². The number of rotatable bonds is 4. The summed E-state index contributed by atoms with van der Waals surface area (Å²) in [5.41, 5.74) is -0.978. The van der Waals surface area contributed by atoms with Crippen LogP contribution < -0.4 is 5.32 Å². The number of carboxylic acid groups (broad SMARTS) is 1. The number of halogens is 3. The summed E-state index contributed by atoms with van der Waals surface area (Å²) in [4.78, 5) is 22.5. The van der Waals surface area contributed by atoms with Crippen molar-refractivity contribution in [2.24, 2.45) is 0 Å². The van der Waals surface area contributed by atoms with Crippen LogP contribution in [-0.2, 0) is 11.0 Å². The molecule has 0 aromatic heterocycles. The molecule has 0 aliphatic heterocycles. The van der Waals surface area contributed by atoms with Gasteiger partial charge in [-0.05, 0) is 24.3 Å². The van der Waals surface area contributed by atoms with E-state index >= 15 is 0 Å². The molecule has 0 bridgehead atoms. The van der Waals surface area contributed by atoms with Gasteiger partial charge in [0, 0.05) is 12.0 Å². The predicted octanol–water partition coefficient (Wildman–Crippen LogP) is 1.91. The molecule has 7 heteroatoms. The van der Waals surface area contributed by atoms with Gasteiger partial charge in [0.2, 0.25) is 0 Å². The Labute approximate surface area is 112 Å². The molecular formula is C13H10F3NO3. The van der Waals surface area contributed by atoms with Gasteiger partial charge in [0.1, 0.15) is 6.04 Å².